The molecule has 3 aromatic rings. The molecule has 4 rings (SSSR count). The second kappa shape index (κ2) is 9.40. The van der Waals surface area contributed by atoms with E-state index < -0.39 is 5.97 Å². The lowest BCUT2D eigenvalue weighted by atomic mass is 9.94. The minimum atomic E-state index is -1.02. The average molecular weight is 432 g/mol. The number of fused-ring (bicyclic) bond motifs is 1. The minimum Gasteiger partial charge on any atom is -0.489 e. The highest BCUT2D eigenvalue weighted by Gasteiger charge is 2.22. The van der Waals surface area contributed by atoms with Crippen molar-refractivity contribution >= 4 is 17.3 Å². The maximum Gasteiger partial charge on any atom is 0.339 e. The largest absolute Gasteiger partial charge is 0.489 e. The second-order valence-electron chi connectivity index (χ2n) is 8.43. The van der Waals surface area contributed by atoms with Gasteiger partial charge in [0.15, 0.2) is 5.75 Å². The average Bonchev–Trinajstić information content (AvgIpc) is 2.82. The first-order valence-corrected chi connectivity index (χ1v) is 10.9. The van der Waals surface area contributed by atoms with Crippen molar-refractivity contribution in [2.45, 2.75) is 32.2 Å². The lowest BCUT2D eigenvalue weighted by Gasteiger charge is -2.29. The number of hydrogen-bond acceptors (Lipinski definition) is 5. The predicted octanol–water partition coefficient (Wildman–Crippen LogP) is 4.94. The molecule has 0 spiro atoms. The van der Waals surface area contributed by atoms with E-state index in [0.717, 1.165) is 24.3 Å². The number of rotatable bonds is 7. The van der Waals surface area contributed by atoms with Crippen molar-refractivity contribution in [2.24, 2.45) is 0 Å². The van der Waals surface area contributed by atoms with E-state index in [0.29, 0.717) is 12.5 Å². The van der Waals surface area contributed by atoms with Crippen molar-refractivity contribution in [1.82, 2.24) is 10.3 Å². The number of carboxylic acids is 1. The highest BCUT2D eigenvalue weighted by Crippen LogP contribution is 2.31. The molecule has 1 aromatic heterocycles. The SMILES string of the molecule is CC(C)c1ccc(N(C)c2ccc3c(c2)CCNC3COc2cnccc2C(=O)O)cc1. The molecule has 1 atom stereocenters. The number of pyridine rings is 1. The molecule has 1 unspecified atom stereocenters. The van der Waals surface area contributed by atoms with E-state index >= 15 is 0 Å². The number of carboxylic acid groups (broad SMARTS) is 1. The molecule has 1 aliphatic rings. The van der Waals surface area contributed by atoms with Gasteiger partial charge in [-0.05, 0) is 65.9 Å². The van der Waals surface area contributed by atoms with Crippen LogP contribution in [0.4, 0.5) is 11.4 Å². The number of aromatic nitrogens is 1. The molecule has 0 aliphatic carbocycles. The number of nitrogens with zero attached hydrogens (tertiary/aromatic N) is 2. The molecular formula is C26H29N3O3. The van der Waals surface area contributed by atoms with E-state index in [-0.39, 0.29) is 17.4 Å². The number of carbonyl (C=O) groups is 1. The standard InChI is InChI=1S/C26H29N3O3/c1-17(2)18-4-6-20(7-5-18)29(3)21-8-9-22-19(14-21)10-13-28-24(22)16-32-25-15-27-12-11-23(25)26(30)31/h4-9,11-12,14-15,17,24,28H,10,13,16H2,1-3H3,(H,30,31). The Hall–Kier alpha value is -3.38. The Kier molecular flexibility index (Phi) is 6.42. The number of hydrogen-bond donors (Lipinski definition) is 2. The number of aromatic carboxylic acids is 1. The molecule has 0 amide bonds. The molecule has 32 heavy (non-hydrogen) atoms. The van der Waals surface area contributed by atoms with Gasteiger partial charge in [0.1, 0.15) is 12.2 Å². The molecule has 2 aromatic carbocycles. The van der Waals surface area contributed by atoms with Gasteiger partial charge in [-0.1, -0.05) is 32.0 Å². The van der Waals surface area contributed by atoms with Gasteiger partial charge in [-0.3, -0.25) is 4.98 Å². The van der Waals surface area contributed by atoms with Gasteiger partial charge in [-0.15, -0.1) is 0 Å². The zero-order valence-corrected chi connectivity index (χ0v) is 18.7. The Morgan fingerprint density at radius 1 is 1.19 bits per heavy atom. The lowest BCUT2D eigenvalue weighted by molar-refractivity contribution is 0.0691. The Balaban J connectivity index is 1.51. The van der Waals surface area contributed by atoms with Crippen LogP contribution in [0.25, 0.3) is 0 Å². The molecule has 0 saturated heterocycles. The van der Waals surface area contributed by atoms with Crippen LogP contribution in [0, 0.1) is 0 Å². The highest BCUT2D eigenvalue weighted by molar-refractivity contribution is 5.90. The van der Waals surface area contributed by atoms with Crippen LogP contribution in [0.2, 0.25) is 0 Å². The van der Waals surface area contributed by atoms with Crippen LogP contribution in [0.5, 0.6) is 5.75 Å². The first-order valence-electron chi connectivity index (χ1n) is 10.9. The predicted molar refractivity (Wildman–Crippen MR) is 126 cm³/mol. The molecule has 166 valence electrons. The van der Waals surface area contributed by atoms with E-state index in [4.69, 9.17) is 4.74 Å². The van der Waals surface area contributed by atoms with Crippen molar-refractivity contribution < 1.29 is 14.6 Å². The summed E-state index contributed by atoms with van der Waals surface area (Å²) in [6.07, 6.45) is 3.85. The topological polar surface area (TPSA) is 74.7 Å². The summed E-state index contributed by atoms with van der Waals surface area (Å²) in [5.41, 5.74) is 6.22. The van der Waals surface area contributed by atoms with Crippen LogP contribution in [0.3, 0.4) is 0 Å². The van der Waals surface area contributed by atoms with E-state index in [9.17, 15) is 9.90 Å². The molecule has 6 nitrogen and oxygen atoms in total. The third-order valence-electron chi connectivity index (χ3n) is 6.04. The summed E-state index contributed by atoms with van der Waals surface area (Å²) in [5.74, 6) is -0.216. The summed E-state index contributed by atoms with van der Waals surface area (Å²) in [4.78, 5) is 17.6. The first kappa shape index (κ1) is 21.8. The van der Waals surface area contributed by atoms with Crippen molar-refractivity contribution in [2.75, 3.05) is 25.1 Å². The summed E-state index contributed by atoms with van der Waals surface area (Å²) in [7, 11) is 2.09. The van der Waals surface area contributed by atoms with Gasteiger partial charge in [0, 0.05) is 24.6 Å². The highest BCUT2D eigenvalue weighted by atomic mass is 16.5. The van der Waals surface area contributed by atoms with E-state index in [1.807, 2.05) is 0 Å². The molecule has 0 bridgehead atoms. The van der Waals surface area contributed by atoms with Crippen LogP contribution >= 0.6 is 0 Å². The first-order chi connectivity index (χ1) is 15.4. The monoisotopic (exact) mass is 431 g/mol. The Labute approximate surface area is 188 Å². The normalized spacial score (nSPS) is 15.3. The van der Waals surface area contributed by atoms with Gasteiger partial charge in [0.05, 0.1) is 12.2 Å². The van der Waals surface area contributed by atoms with Gasteiger partial charge in [-0.25, -0.2) is 4.79 Å². The van der Waals surface area contributed by atoms with Crippen molar-refractivity contribution in [3.05, 3.63) is 83.2 Å². The van der Waals surface area contributed by atoms with Gasteiger partial charge in [0.2, 0.25) is 0 Å². The van der Waals surface area contributed by atoms with Gasteiger partial charge >= 0.3 is 5.97 Å². The number of ether oxygens (including phenoxy) is 1. The smallest absolute Gasteiger partial charge is 0.339 e. The molecule has 2 N–H and O–H groups in total. The number of benzene rings is 2. The van der Waals surface area contributed by atoms with Gasteiger partial charge in [-0.2, -0.15) is 0 Å². The Bertz CT molecular complexity index is 1100. The van der Waals surface area contributed by atoms with Crippen molar-refractivity contribution in [3.63, 3.8) is 0 Å². The third-order valence-corrected chi connectivity index (χ3v) is 6.04. The van der Waals surface area contributed by atoms with Gasteiger partial charge in [0.25, 0.3) is 0 Å². The quantitative estimate of drug-likeness (QED) is 0.552. The van der Waals surface area contributed by atoms with E-state index in [2.05, 4.69) is 78.6 Å². The van der Waals surface area contributed by atoms with Crippen LogP contribution in [-0.4, -0.2) is 36.3 Å². The van der Waals surface area contributed by atoms with Crippen LogP contribution in [0.1, 0.15) is 52.9 Å². The summed E-state index contributed by atoms with van der Waals surface area (Å²) < 4.78 is 5.86. The fourth-order valence-corrected chi connectivity index (χ4v) is 4.07. The zero-order valence-electron chi connectivity index (χ0n) is 18.7. The number of nitrogens with one attached hydrogen (secondary N) is 1. The third kappa shape index (κ3) is 4.60. The molecule has 0 radical (unpaired) electrons. The maximum atomic E-state index is 11.4. The fourth-order valence-electron chi connectivity index (χ4n) is 4.07. The van der Waals surface area contributed by atoms with Crippen LogP contribution in [-0.2, 0) is 6.42 Å². The fraction of sp³-hybridized carbons (Fsp3) is 0.308. The molecule has 0 fully saturated rings. The summed E-state index contributed by atoms with van der Waals surface area (Å²) in [6, 6.07) is 16.7. The number of anilines is 2. The Morgan fingerprint density at radius 3 is 2.66 bits per heavy atom. The second-order valence-corrected chi connectivity index (χ2v) is 8.43. The summed E-state index contributed by atoms with van der Waals surface area (Å²) in [5, 5.41) is 12.8. The molecule has 6 heteroatoms. The lowest BCUT2D eigenvalue weighted by Crippen LogP contribution is -2.34. The molecule has 1 aliphatic heterocycles. The van der Waals surface area contributed by atoms with E-state index in [1.54, 1.807) is 0 Å². The summed E-state index contributed by atoms with van der Waals surface area (Å²) in [6.45, 7) is 5.58. The van der Waals surface area contributed by atoms with Crippen LogP contribution in [0.15, 0.2) is 60.9 Å². The Morgan fingerprint density at radius 2 is 1.94 bits per heavy atom. The van der Waals surface area contributed by atoms with Crippen molar-refractivity contribution in [1.29, 1.82) is 0 Å². The summed E-state index contributed by atoms with van der Waals surface area (Å²) >= 11 is 0. The zero-order chi connectivity index (χ0) is 22.7. The van der Waals surface area contributed by atoms with Crippen LogP contribution < -0.4 is 15.0 Å². The maximum absolute atomic E-state index is 11.4. The molecule has 0 saturated carbocycles. The van der Waals surface area contributed by atoms with E-state index in [1.165, 1.54) is 35.2 Å². The van der Waals surface area contributed by atoms with Gasteiger partial charge < -0.3 is 20.1 Å². The van der Waals surface area contributed by atoms with Crippen molar-refractivity contribution in [3.8, 4) is 5.75 Å². The minimum absolute atomic E-state index is 0.00900. The molecule has 2 heterocycles. The molecular weight excluding hydrogens is 402 g/mol.